The van der Waals surface area contributed by atoms with Gasteiger partial charge in [0.05, 0.1) is 18.2 Å². The fraction of sp³-hybridized carbons (Fsp3) is 0.417. The van der Waals surface area contributed by atoms with E-state index in [1.54, 1.807) is 23.1 Å². The predicted molar refractivity (Wildman–Crippen MR) is 68.8 cm³/mol. The molecule has 0 aromatic heterocycles. The molecule has 2 N–H and O–H groups in total. The Kier molecular flexibility index (Phi) is 4.28. The highest BCUT2D eigenvalue weighted by molar-refractivity contribution is 6.32. The van der Waals surface area contributed by atoms with Crippen LogP contribution in [-0.4, -0.2) is 43.7 Å². The predicted octanol–water partition coefficient (Wildman–Crippen LogP) is 1.16. The first-order valence-corrected chi connectivity index (χ1v) is 6.08. The molecule has 98 valence electrons. The highest BCUT2D eigenvalue weighted by Gasteiger charge is 2.17. The minimum absolute atomic E-state index is 0.0385. The van der Waals surface area contributed by atoms with E-state index in [4.69, 9.17) is 26.8 Å². The second-order valence-corrected chi connectivity index (χ2v) is 4.38. The number of benzene rings is 1. The Bertz CT molecular complexity index is 433. The summed E-state index contributed by atoms with van der Waals surface area (Å²) < 4.78 is 10.6. The van der Waals surface area contributed by atoms with Gasteiger partial charge in [0.15, 0.2) is 6.61 Å². The van der Waals surface area contributed by atoms with Crippen LogP contribution in [0.2, 0.25) is 5.02 Å². The van der Waals surface area contributed by atoms with Gasteiger partial charge >= 0.3 is 0 Å². The molecule has 1 fully saturated rings. The summed E-state index contributed by atoms with van der Waals surface area (Å²) in [6.45, 7) is 2.32. The number of hydrogen-bond acceptors (Lipinski definition) is 4. The minimum atomic E-state index is -0.0724. The maximum atomic E-state index is 11.8. The van der Waals surface area contributed by atoms with Gasteiger partial charge in [-0.05, 0) is 12.1 Å². The Labute approximate surface area is 110 Å². The third kappa shape index (κ3) is 3.27. The van der Waals surface area contributed by atoms with Gasteiger partial charge in [-0.1, -0.05) is 11.6 Å². The third-order valence-electron chi connectivity index (χ3n) is 2.67. The maximum Gasteiger partial charge on any atom is 0.260 e. The van der Waals surface area contributed by atoms with Gasteiger partial charge in [-0.15, -0.1) is 0 Å². The molecule has 18 heavy (non-hydrogen) atoms. The number of carbonyl (C=O) groups excluding carboxylic acids is 1. The summed E-state index contributed by atoms with van der Waals surface area (Å²) >= 11 is 5.94. The SMILES string of the molecule is Nc1ccc(Cl)c(OCC(=O)N2CCOCC2)c1. The number of ether oxygens (including phenoxy) is 2. The lowest BCUT2D eigenvalue weighted by Gasteiger charge is -2.26. The molecule has 1 saturated heterocycles. The second-order valence-electron chi connectivity index (χ2n) is 3.97. The van der Waals surface area contributed by atoms with Gasteiger partial charge in [0, 0.05) is 24.8 Å². The van der Waals surface area contributed by atoms with Crippen molar-refractivity contribution in [3.63, 3.8) is 0 Å². The van der Waals surface area contributed by atoms with Gasteiger partial charge in [-0.2, -0.15) is 0 Å². The summed E-state index contributed by atoms with van der Waals surface area (Å²) in [6, 6.07) is 4.93. The molecule has 1 aliphatic heterocycles. The van der Waals surface area contributed by atoms with Crippen molar-refractivity contribution >= 4 is 23.2 Å². The lowest BCUT2D eigenvalue weighted by atomic mass is 10.3. The quantitative estimate of drug-likeness (QED) is 0.837. The fourth-order valence-electron chi connectivity index (χ4n) is 1.67. The van der Waals surface area contributed by atoms with Crippen molar-refractivity contribution in [2.75, 3.05) is 38.6 Å². The van der Waals surface area contributed by atoms with E-state index in [0.717, 1.165) is 0 Å². The molecule has 1 aromatic carbocycles. The number of nitrogen functional groups attached to an aromatic ring is 1. The van der Waals surface area contributed by atoms with Crippen molar-refractivity contribution in [2.45, 2.75) is 0 Å². The molecule has 2 rings (SSSR count). The number of halogens is 1. The fourth-order valence-corrected chi connectivity index (χ4v) is 1.85. The van der Waals surface area contributed by atoms with Crippen molar-refractivity contribution in [1.82, 2.24) is 4.90 Å². The first kappa shape index (κ1) is 13.0. The van der Waals surface area contributed by atoms with E-state index in [0.29, 0.717) is 42.8 Å². The van der Waals surface area contributed by atoms with Gasteiger partial charge in [-0.25, -0.2) is 0 Å². The van der Waals surface area contributed by atoms with Crippen molar-refractivity contribution < 1.29 is 14.3 Å². The average Bonchev–Trinajstić information content (AvgIpc) is 2.40. The molecule has 0 spiro atoms. The molecule has 0 saturated carbocycles. The second kappa shape index (κ2) is 5.93. The van der Waals surface area contributed by atoms with E-state index < -0.39 is 0 Å². The summed E-state index contributed by atoms with van der Waals surface area (Å²) in [5, 5.41) is 0.443. The highest BCUT2D eigenvalue weighted by Crippen LogP contribution is 2.26. The molecule has 0 radical (unpaired) electrons. The largest absolute Gasteiger partial charge is 0.482 e. The van der Waals surface area contributed by atoms with E-state index in [9.17, 15) is 4.79 Å². The van der Waals surface area contributed by atoms with Gasteiger partial charge < -0.3 is 20.1 Å². The summed E-state index contributed by atoms with van der Waals surface area (Å²) in [4.78, 5) is 13.6. The Morgan fingerprint density at radius 1 is 1.44 bits per heavy atom. The van der Waals surface area contributed by atoms with E-state index in [2.05, 4.69) is 0 Å². The molecule has 5 nitrogen and oxygen atoms in total. The van der Waals surface area contributed by atoms with Crippen LogP contribution in [0.1, 0.15) is 0 Å². The van der Waals surface area contributed by atoms with Crippen LogP contribution in [0.15, 0.2) is 18.2 Å². The van der Waals surface area contributed by atoms with Crippen LogP contribution in [0, 0.1) is 0 Å². The zero-order valence-electron chi connectivity index (χ0n) is 9.89. The normalized spacial score (nSPS) is 15.5. The molecule has 6 heteroatoms. The standard InChI is InChI=1S/C12H15ClN2O3/c13-10-2-1-9(14)7-11(10)18-8-12(16)15-3-5-17-6-4-15/h1-2,7H,3-6,8,14H2. The smallest absolute Gasteiger partial charge is 0.260 e. The first-order valence-electron chi connectivity index (χ1n) is 5.70. The van der Waals surface area contributed by atoms with Crippen molar-refractivity contribution in [3.8, 4) is 5.75 Å². The number of nitrogens with zero attached hydrogens (tertiary/aromatic N) is 1. The van der Waals surface area contributed by atoms with Crippen LogP contribution in [0.25, 0.3) is 0 Å². The number of carbonyl (C=O) groups is 1. The number of amides is 1. The van der Waals surface area contributed by atoms with E-state index in [1.807, 2.05) is 0 Å². The van der Waals surface area contributed by atoms with Crippen LogP contribution in [0.5, 0.6) is 5.75 Å². The van der Waals surface area contributed by atoms with Crippen LogP contribution in [0.4, 0.5) is 5.69 Å². The summed E-state index contributed by atoms with van der Waals surface area (Å²) in [7, 11) is 0. The molecule has 1 aliphatic rings. The molecule has 1 aromatic rings. The van der Waals surface area contributed by atoms with Crippen molar-refractivity contribution in [3.05, 3.63) is 23.2 Å². The summed E-state index contributed by atoms with van der Waals surface area (Å²) in [5.41, 5.74) is 6.18. The zero-order valence-corrected chi connectivity index (χ0v) is 10.7. The molecule has 1 heterocycles. The topological polar surface area (TPSA) is 64.8 Å². The van der Waals surface area contributed by atoms with Crippen LogP contribution >= 0.6 is 11.6 Å². The minimum Gasteiger partial charge on any atom is -0.482 e. The number of anilines is 1. The van der Waals surface area contributed by atoms with Gasteiger partial charge in [0.1, 0.15) is 5.75 Å². The molecular weight excluding hydrogens is 256 g/mol. The Hall–Kier alpha value is -1.46. The Balaban J connectivity index is 1.90. The summed E-state index contributed by atoms with van der Waals surface area (Å²) in [6.07, 6.45) is 0. The van der Waals surface area contributed by atoms with Crippen LogP contribution in [-0.2, 0) is 9.53 Å². The van der Waals surface area contributed by atoms with Gasteiger partial charge in [0.25, 0.3) is 5.91 Å². The number of morpholine rings is 1. The van der Waals surface area contributed by atoms with Crippen molar-refractivity contribution in [2.24, 2.45) is 0 Å². The van der Waals surface area contributed by atoms with Crippen LogP contribution in [0.3, 0.4) is 0 Å². The lowest BCUT2D eigenvalue weighted by Crippen LogP contribution is -2.43. The first-order chi connectivity index (χ1) is 8.66. The number of rotatable bonds is 3. The van der Waals surface area contributed by atoms with Crippen LogP contribution < -0.4 is 10.5 Å². The highest BCUT2D eigenvalue weighted by atomic mass is 35.5. The zero-order chi connectivity index (χ0) is 13.0. The molecule has 1 amide bonds. The molecule has 0 unspecified atom stereocenters. The van der Waals surface area contributed by atoms with Gasteiger partial charge in [0.2, 0.25) is 0 Å². The number of nitrogens with two attached hydrogens (primary N) is 1. The van der Waals surface area contributed by atoms with Crippen molar-refractivity contribution in [1.29, 1.82) is 0 Å². The Morgan fingerprint density at radius 2 is 2.17 bits per heavy atom. The van der Waals surface area contributed by atoms with E-state index >= 15 is 0 Å². The van der Waals surface area contributed by atoms with Gasteiger partial charge in [-0.3, -0.25) is 4.79 Å². The number of hydrogen-bond donors (Lipinski definition) is 1. The maximum absolute atomic E-state index is 11.8. The lowest BCUT2D eigenvalue weighted by molar-refractivity contribution is -0.137. The molecule has 0 atom stereocenters. The third-order valence-corrected chi connectivity index (χ3v) is 2.98. The van der Waals surface area contributed by atoms with E-state index in [-0.39, 0.29) is 12.5 Å². The molecular formula is C12H15ClN2O3. The average molecular weight is 271 g/mol. The monoisotopic (exact) mass is 270 g/mol. The summed E-state index contributed by atoms with van der Waals surface area (Å²) in [5.74, 6) is 0.357. The Morgan fingerprint density at radius 3 is 2.89 bits per heavy atom. The molecule has 0 aliphatic carbocycles. The van der Waals surface area contributed by atoms with E-state index in [1.165, 1.54) is 0 Å². The molecule has 0 bridgehead atoms.